The van der Waals surface area contributed by atoms with E-state index in [-0.39, 0.29) is 27.2 Å². The Morgan fingerprint density at radius 2 is 2.05 bits per heavy atom. The van der Waals surface area contributed by atoms with Gasteiger partial charge >= 0.3 is 0 Å². The number of amidine groups is 1. The third kappa shape index (κ3) is 6.22. The molecule has 0 saturated heterocycles. The molecule has 1 aliphatic heterocycles. The minimum atomic E-state index is -3.92. The van der Waals surface area contributed by atoms with E-state index < -0.39 is 21.8 Å². The molecule has 192 valence electrons. The number of methoxy groups -OCH3 is 1. The molecule has 2 aromatic carbocycles. The molecule has 0 atom stereocenters. The Labute approximate surface area is 227 Å². The Kier molecular flexibility index (Phi) is 8.05. The van der Waals surface area contributed by atoms with Crippen molar-refractivity contribution >= 4 is 79.2 Å². The van der Waals surface area contributed by atoms with Crippen LogP contribution in [0.5, 0.6) is 5.75 Å². The number of hydrogen-bond acceptors (Lipinski definition) is 8. The van der Waals surface area contributed by atoms with E-state index in [1.807, 2.05) is 18.4 Å². The summed E-state index contributed by atoms with van der Waals surface area (Å²) >= 11 is 8.74. The maximum absolute atomic E-state index is 13.5. The molecule has 13 heteroatoms. The molecule has 2 amide bonds. The molecule has 0 unspecified atom stereocenters. The lowest BCUT2D eigenvalue weighted by molar-refractivity contribution is -0.114. The van der Waals surface area contributed by atoms with Gasteiger partial charge < -0.3 is 10.1 Å². The van der Waals surface area contributed by atoms with Crippen LogP contribution >= 0.6 is 34.7 Å². The van der Waals surface area contributed by atoms with Gasteiger partial charge in [0.2, 0.25) is 15.9 Å². The van der Waals surface area contributed by atoms with Gasteiger partial charge in [-0.3, -0.25) is 9.59 Å². The third-order valence-electron chi connectivity index (χ3n) is 5.16. The zero-order valence-corrected chi connectivity index (χ0v) is 22.8. The molecular formula is C24H21ClN4O5S3. The monoisotopic (exact) mass is 576 g/mol. The van der Waals surface area contributed by atoms with Crippen LogP contribution < -0.4 is 20.1 Å². The number of carbonyl (C=O) groups is 2. The van der Waals surface area contributed by atoms with Gasteiger partial charge in [-0.05, 0) is 66.4 Å². The molecule has 2 heterocycles. The Hall–Kier alpha value is -3.16. The molecule has 9 nitrogen and oxygen atoms in total. The number of sulfonamides is 1. The first-order valence-electron chi connectivity index (χ1n) is 10.6. The van der Waals surface area contributed by atoms with Gasteiger partial charge in [-0.2, -0.15) is 0 Å². The summed E-state index contributed by atoms with van der Waals surface area (Å²) in [5, 5.41) is 10.4. The Balaban J connectivity index is 1.61. The largest absolute Gasteiger partial charge is 0.495 e. The number of primary sulfonamides is 1. The Morgan fingerprint density at radius 1 is 1.27 bits per heavy atom. The van der Waals surface area contributed by atoms with Gasteiger partial charge in [-0.25, -0.2) is 23.4 Å². The second-order valence-electron chi connectivity index (χ2n) is 7.76. The fourth-order valence-corrected chi connectivity index (χ4v) is 5.76. The van der Waals surface area contributed by atoms with E-state index in [9.17, 15) is 18.0 Å². The zero-order valence-electron chi connectivity index (χ0n) is 19.6. The van der Waals surface area contributed by atoms with Crippen LogP contribution in [-0.4, -0.2) is 38.3 Å². The van der Waals surface area contributed by atoms with Crippen molar-refractivity contribution in [3.05, 3.63) is 75.1 Å². The number of aryl methyl sites for hydroxylation is 1. The molecule has 0 spiro atoms. The summed E-state index contributed by atoms with van der Waals surface area (Å²) in [6, 6.07) is 12.4. The van der Waals surface area contributed by atoms with Crippen molar-refractivity contribution < 1.29 is 22.7 Å². The van der Waals surface area contributed by atoms with Crippen LogP contribution in [0.15, 0.2) is 69.5 Å². The highest BCUT2D eigenvalue weighted by Gasteiger charge is 2.34. The number of nitrogens with zero attached hydrogens (tertiary/aromatic N) is 2. The number of benzene rings is 2. The first kappa shape index (κ1) is 26.9. The predicted octanol–water partition coefficient (Wildman–Crippen LogP) is 4.48. The van der Waals surface area contributed by atoms with Crippen LogP contribution in [0.4, 0.5) is 11.4 Å². The van der Waals surface area contributed by atoms with Gasteiger partial charge in [0.1, 0.15) is 11.4 Å². The van der Waals surface area contributed by atoms with Crippen molar-refractivity contribution in [2.24, 2.45) is 10.1 Å². The predicted molar refractivity (Wildman–Crippen MR) is 149 cm³/mol. The van der Waals surface area contributed by atoms with Crippen molar-refractivity contribution in [3.63, 3.8) is 0 Å². The summed E-state index contributed by atoms with van der Waals surface area (Å²) in [7, 11) is -2.44. The maximum Gasteiger partial charge on any atom is 0.283 e. The van der Waals surface area contributed by atoms with Gasteiger partial charge in [0.05, 0.1) is 23.4 Å². The van der Waals surface area contributed by atoms with Crippen LogP contribution in [-0.2, 0) is 19.6 Å². The molecule has 1 aromatic heterocycles. The van der Waals surface area contributed by atoms with Gasteiger partial charge in [-0.1, -0.05) is 29.4 Å². The molecule has 37 heavy (non-hydrogen) atoms. The van der Waals surface area contributed by atoms with Gasteiger partial charge in [0.25, 0.3) is 5.91 Å². The number of carbonyl (C=O) groups excluding carboxylic acids is 2. The van der Waals surface area contributed by atoms with E-state index in [4.69, 9.17) is 21.5 Å². The number of ether oxygens (including phenoxy) is 1. The maximum atomic E-state index is 13.5. The minimum absolute atomic E-state index is 0.115. The van der Waals surface area contributed by atoms with Gasteiger partial charge in [-0.15, -0.1) is 11.3 Å². The smallest absolute Gasteiger partial charge is 0.283 e. The molecule has 1 aliphatic rings. The van der Waals surface area contributed by atoms with E-state index in [1.54, 1.807) is 30.3 Å². The number of halogens is 1. The Bertz CT molecular complexity index is 1550. The lowest BCUT2D eigenvalue weighted by Gasteiger charge is -2.20. The average molecular weight is 577 g/mol. The first-order valence-corrected chi connectivity index (χ1v) is 14.4. The molecule has 0 aliphatic carbocycles. The topological polar surface area (TPSA) is 131 Å². The van der Waals surface area contributed by atoms with E-state index in [2.05, 4.69) is 10.3 Å². The lowest BCUT2D eigenvalue weighted by Crippen LogP contribution is -2.31. The SMILES string of the molecule is COc1ccc(Cl)cc1N1C(=O)/C(=C/c2sccc2C)N=C1SCC(=O)Nc1cccc(S(N)(=O)=O)c1. The number of nitrogens with one attached hydrogen (secondary N) is 1. The van der Waals surface area contributed by atoms with Crippen molar-refractivity contribution in [2.75, 3.05) is 23.1 Å². The molecular weight excluding hydrogens is 556 g/mol. The molecule has 4 rings (SSSR count). The molecule has 3 N–H and O–H groups in total. The van der Waals surface area contributed by atoms with Crippen molar-refractivity contribution in [1.29, 1.82) is 0 Å². The van der Waals surface area contributed by atoms with Crippen molar-refractivity contribution in [2.45, 2.75) is 11.8 Å². The summed E-state index contributed by atoms with van der Waals surface area (Å²) in [5.41, 5.74) is 1.87. The molecule has 0 fully saturated rings. The first-order chi connectivity index (χ1) is 17.6. The highest BCUT2D eigenvalue weighted by atomic mass is 35.5. The van der Waals surface area contributed by atoms with Gasteiger partial charge in [0, 0.05) is 15.6 Å². The molecule has 0 radical (unpaired) electrons. The number of aliphatic imine (C=N–C) groups is 1. The van der Waals surface area contributed by atoms with Gasteiger partial charge in [0.15, 0.2) is 5.17 Å². The Morgan fingerprint density at radius 3 is 2.73 bits per heavy atom. The van der Waals surface area contributed by atoms with E-state index in [1.165, 1.54) is 41.5 Å². The fraction of sp³-hybridized carbons (Fsp3) is 0.125. The van der Waals surface area contributed by atoms with Crippen LogP contribution in [0.25, 0.3) is 6.08 Å². The second-order valence-corrected chi connectivity index (χ2v) is 11.6. The summed E-state index contributed by atoms with van der Waals surface area (Å²) in [6.45, 7) is 1.94. The quantitative estimate of drug-likeness (QED) is 0.399. The van der Waals surface area contributed by atoms with Crippen molar-refractivity contribution in [1.82, 2.24) is 0 Å². The van der Waals surface area contributed by atoms with Crippen LogP contribution in [0, 0.1) is 6.92 Å². The highest BCUT2D eigenvalue weighted by molar-refractivity contribution is 8.14. The number of amides is 2. The summed E-state index contributed by atoms with van der Waals surface area (Å²) in [4.78, 5) is 32.8. The summed E-state index contributed by atoms with van der Waals surface area (Å²) < 4.78 is 28.6. The number of hydrogen-bond donors (Lipinski definition) is 2. The third-order valence-corrected chi connectivity index (χ3v) is 8.21. The summed E-state index contributed by atoms with van der Waals surface area (Å²) in [5.74, 6) is -0.534. The van der Waals surface area contributed by atoms with Crippen LogP contribution in [0.1, 0.15) is 10.4 Å². The number of thioether (sulfide) groups is 1. The second kappa shape index (κ2) is 11.1. The standard InChI is InChI=1S/C24H21ClN4O5S3/c1-14-8-9-35-21(14)12-18-23(31)29(19-10-15(25)6-7-20(19)34-2)24(28-18)36-13-22(30)27-16-4-3-5-17(11-16)37(26,32)33/h3-12H,13H2,1-2H3,(H,27,30)(H2,26,32,33)/b18-12-. The molecule has 3 aromatic rings. The van der Waals surface area contributed by atoms with Crippen LogP contribution in [0.2, 0.25) is 5.02 Å². The number of rotatable bonds is 7. The lowest BCUT2D eigenvalue weighted by atomic mass is 10.2. The number of thiophene rings is 1. The average Bonchev–Trinajstić information content (AvgIpc) is 3.39. The molecule has 0 bridgehead atoms. The van der Waals surface area contributed by atoms with E-state index in [0.717, 1.165) is 22.2 Å². The van der Waals surface area contributed by atoms with E-state index >= 15 is 0 Å². The number of nitrogens with two attached hydrogens (primary N) is 1. The number of anilines is 2. The van der Waals surface area contributed by atoms with Crippen molar-refractivity contribution in [3.8, 4) is 5.75 Å². The highest BCUT2D eigenvalue weighted by Crippen LogP contribution is 2.37. The fourth-order valence-electron chi connectivity index (χ4n) is 3.38. The van der Waals surface area contributed by atoms with E-state index in [0.29, 0.717) is 16.5 Å². The minimum Gasteiger partial charge on any atom is -0.495 e. The summed E-state index contributed by atoms with van der Waals surface area (Å²) in [6.07, 6.45) is 1.71. The zero-order chi connectivity index (χ0) is 26.7. The molecule has 0 saturated carbocycles. The normalized spacial score (nSPS) is 14.7. The van der Waals surface area contributed by atoms with Crippen LogP contribution in [0.3, 0.4) is 0 Å².